The van der Waals surface area contributed by atoms with Crippen LogP contribution in [0.4, 0.5) is 0 Å². The molecule has 0 aromatic rings. The van der Waals surface area contributed by atoms with E-state index in [-0.39, 0.29) is 0 Å². The first kappa shape index (κ1) is 12.9. The van der Waals surface area contributed by atoms with Crippen molar-refractivity contribution in [2.75, 3.05) is 32.9 Å². The Bertz CT molecular complexity index is 136. The molecular weight excluding hydrogens is 190 g/mol. The Kier molecular flexibility index (Phi) is 7.88. The van der Waals surface area contributed by atoms with Crippen LogP contribution in [0.25, 0.3) is 0 Å². The minimum absolute atomic E-state index is 0.373. The lowest BCUT2D eigenvalue weighted by Gasteiger charge is -2.10. The molecule has 0 aromatic heterocycles. The van der Waals surface area contributed by atoms with Gasteiger partial charge in [-0.3, -0.25) is 0 Å². The topological polar surface area (TPSA) is 30.5 Å². The third kappa shape index (κ3) is 6.88. The average Bonchev–Trinajstić information content (AvgIpc) is 2.75. The zero-order valence-corrected chi connectivity index (χ0v) is 9.96. The van der Waals surface area contributed by atoms with Crippen LogP contribution in [0.5, 0.6) is 0 Å². The second kappa shape index (κ2) is 9.13. The second-order valence-electron chi connectivity index (χ2n) is 4.17. The van der Waals surface area contributed by atoms with Crippen molar-refractivity contribution >= 4 is 0 Å². The Labute approximate surface area is 93.5 Å². The van der Waals surface area contributed by atoms with Crippen molar-refractivity contribution in [2.24, 2.45) is 0 Å². The lowest BCUT2D eigenvalue weighted by molar-refractivity contribution is 0.0166. The summed E-state index contributed by atoms with van der Waals surface area (Å²) in [6.45, 7) is 7.00. The van der Waals surface area contributed by atoms with E-state index in [1.807, 2.05) is 0 Å². The zero-order chi connectivity index (χ0) is 10.8. The third-order valence-electron chi connectivity index (χ3n) is 2.68. The second-order valence-corrected chi connectivity index (χ2v) is 4.17. The van der Waals surface area contributed by atoms with Crippen molar-refractivity contribution in [3.8, 4) is 0 Å². The molecule has 1 N–H and O–H groups in total. The molecule has 1 aliphatic heterocycles. The fourth-order valence-corrected chi connectivity index (χ4v) is 1.72. The Balaban J connectivity index is 1.73. The third-order valence-corrected chi connectivity index (χ3v) is 2.68. The highest BCUT2D eigenvalue weighted by Gasteiger charge is 2.14. The fraction of sp³-hybridized carbons (Fsp3) is 1.00. The maximum absolute atomic E-state index is 5.56. The van der Waals surface area contributed by atoms with Gasteiger partial charge in [0, 0.05) is 13.2 Å². The van der Waals surface area contributed by atoms with E-state index in [9.17, 15) is 0 Å². The summed E-state index contributed by atoms with van der Waals surface area (Å²) >= 11 is 0. The van der Waals surface area contributed by atoms with Gasteiger partial charge in [-0.25, -0.2) is 0 Å². The molecule has 0 aliphatic carbocycles. The molecule has 0 radical (unpaired) electrons. The predicted octanol–water partition coefficient (Wildman–Crippen LogP) is 1.96. The molecule has 1 atom stereocenters. The smallest absolute Gasteiger partial charge is 0.0809 e. The van der Waals surface area contributed by atoms with Crippen LogP contribution in [0, 0.1) is 0 Å². The van der Waals surface area contributed by atoms with Gasteiger partial charge in [0.05, 0.1) is 12.7 Å². The van der Waals surface area contributed by atoms with E-state index in [4.69, 9.17) is 9.47 Å². The van der Waals surface area contributed by atoms with Crippen LogP contribution < -0.4 is 5.32 Å². The fourth-order valence-electron chi connectivity index (χ4n) is 1.72. The van der Waals surface area contributed by atoms with Crippen molar-refractivity contribution in [1.82, 2.24) is 5.32 Å². The Morgan fingerprint density at radius 1 is 1.33 bits per heavy atom. The van der Waals surface area contributed by atoms with Gasteiger partial charge in [-0.2, -0.15) is 0 Å². The maximum atomic E-state index is 5.56. The molecule has 0 amide bonds. The van der Waals surface area contributed by atoms with E-state index < -0.39 is 0 Å². The number of unbranched alkanes of at least 4 members (excludes halogenated alkanes) is 1. The number of hydrogen-bond donors (Lipinski definition) is 1. The van der Waals surface area contributed by atoms with Gasteiger partial charge in [0.25, 0.3) is 0 Å². The van der Waals surface area contributed by atoms with Crippen molar-refractivity contribution in [1.29, 1.82) is 0 Å². The van der Waals surface area contributed by atoms with E-state index in [1.54, 1.807) is 0 Å². The van der Waals surface area contributed by atoms with E-state index in [0.29, 0.717) is 6.10 Å². The number of ether oxygens (including phenoxy) is 2. The normalized spacial score (nSPS) is 21.0. The molecule has 15 heavy (non-hydrogen) atoms. The molecule has 3 heteroatoms. The van der Waals surface area contributed by atoms with Gasteiger partial charge in [-0.1, -0.05) is 13.3 Å². The molecule has 90 valence electrons. The molecule has 1 rings (SSSR count). The summed E-state index contributed by atoms with van der Waals surface area (Å²) in [4.78, 5) is 0. The summed E-state index contributed by atoms with van der Waals surface area (Å²) in [6.07, 6.45) is 6.40. The van der Waals surface area contributed by atoms with Crippen LogP contribution in [0.15, 0.2) is 0 Å². The van der Waals surface area contributed by atoms with E-state index >= 15 is 0 Å². The van der Waals surface area contributed by atoms with Gasteiger partial charge in [-0.05, 0) is 38.8 Å². The van der Waals surface area contributed by atoms with Gasteiger partial charge in [-0.15, -0.1) is 0 Å². The SMILES string of the molecule is CCCCNCCCOCC1CCCO1. The van der Waals surface area contributed by atoms with Crippen molar-refractivity contribution < 1.29 is 9.47 Å². The van der Waals surface area contributed by atoms with E-state index in [2.05, 4.69) is 12.2 Å². The number of hydrogen-bond acceptors (Lipinski definition) is 3. The summed E-state index contributed by atoms with van der Waals surface area (Å²) in [5.41, 5.74) is 0. The monoisotopic (exact) mass is 215 g/mol. The summed E-state index contributed by atoms with van der Waals surface area (Å²) in [5.74, 6) is 0. The van der Waals surface area contributed by atoms with Crippen LogP contribution in [0.1, 0.15) is 39.0 Å². The average molecular weight is 215 g/mol. The molecule has 0 spiro atoms. The molecule has 1 fully saturated rings. The summed E-state index contributed by atoms with van der Waals surface area (Å²) < 4.78 is 11.0. The Hall–Kier alpha value is -0.120. The predicted molar refractivity (Wildman–Crippen MR) is 62.2 cm³/mol. The highest BCUT2D eigenvalue weighted by Crippen LogP contribution is 2.11. The van der Waals surface area contributed by atoms with Gasteiger partial charge in [0.1, 0.15) is 0 Å². The Morgan fingerprint density at radius 2 is 2.20 bits per heavy atom. The zero-order valence-electron chi connectivity index (χ0n) is 9.96. The molecule has 3 nitrogen and oxygen atoms in total. The molecule has 1 aliphatic rings. The standard InChI is InChI=1S/C12H25NO2/c1-2-3-7-13-8-5-9-14-11-12-6-4-10-15-12/h12-13H,2-11H2,1H3. The lowest BCUT2D eigenvalue weighted by atomic mass is 10.2. The Morgan fingerprint density at radius 3 is 2.93 bits per heavy atom. The van der Waals surface area contributed by atoms with Crippen LogP contribution in [-0.4, -0.2) is 39.0 Å². The first-order valence-electron chi connectivity index (χ1n) is 6.33. The quantitative estimate of drug-likeness (QED) is 0.596. The molecule has 1 unspecified atom stereocenters. The van der Waals surface area contributed by atoms with Crippen LogP contribution in [0.2, 0.25) is 0 Å². The van der Waals surface area contributed by atoms with Crippen molar-refractivity contribution in [2.45, 2.75) is 45.1 Å². The minimum atomic E-state index is 0.373. The van der Waals surface area contributed by atoms with Gasteiger partial charge >= 0.3 is 0 Å². The van der Waals surface area contributed by atoms with Gasteiger partial charge in [0.2, 0.25) is 0 Å². The first-order chi connectivity index (χ1) is 7.43. The number of nitrogens with one attached hydrogen (secondary N) is 1. The van der Waals surface area contributed by atoms with Gasteiger partial charge in [0.15, 0.2) is 0 Å². The van der Waals surface area contributed by atoms with Crippen LogP contribution in [0.3, 0.4) is 0 Å². The molecule has 1 saturated heterocycles. The highest BCUT2D eigenvalue weighted by atomic mass is 16.5. The number of rotatable bonds is 9. The first-order valence-corrected chi connectivity index (χ1v) is 6.33. The molecule has 0 aromatic carbocycles. The van der Waals surface area contributed by atoms with Crippen molar-refractivity contribution in [3.63, 3.8) is 0 Å². The summed E-state index contributed by atoms with van der Waals surface area (Å²) in [7, 11) is 0. The lowest BCUT2D eigenvalue weighted by Crippen LogP contribution is -2.19. The van der Waals surface area contributed by atoms with Crippen molar-refractivity contribution in [3.05, 3.63) is 0 Å². The van der Waals surface area contributed by atoms with E-state index in [0.717, 1.165) is 39.3 Å². The summed E-state index contributed by atoms with van der Waals surface area (Å²) in [6, 6.07) is 0. The molecule has 1 heterocycles. The van der Waals surface area contributed by atoms with Crippen LogP contribution >= 0.6 is 0 Å². The highest BCUT2D eigenvalue weighted by molar-refractivity contribution is 4.63. The molecule has 0 bridgehead atoms. The maximum Gasteiger partial charge on any atom is 0.0809 e. The molecule has 0 saturated carbocycles. The molecular formula is C12H25NO2. The summed E-state index contributed by atoms with van der Waals surface area (Å²) in [5, 5.41) is 3.40. The minimum Gasteiger partial charge on any atom is -0.379 e. The van der Waals surface area contributed by atoms with Gasteiger partial charge < -0.3 is 14.8 Å². The van der Waals surface area contributed by atoms with Crippen LogP contribution in [-0.2, 0) is 9.47 Å². The largest absolute Gasteiger partial charge is 0.379 e. The van der Waals surface area contributed by atoms with E-state index in [1.165, 1.54) is 25.7 Å².